The maximum absolute atomic E-state index is 12.6. The third kappa shape index (κ3) is 2.26. The van der Waals surface area contributed by atoms with Crippen LogP contribution >= 0.6 is 0 Å². The van der Waals surface area contributed by atoms with Gasteiger partial charge < -0.3 is 10.8 Å². The van der Waals surface area contributed by atoms with Crippen molar-refractivity contribution < 1.29 is 13.9 Å². The minimum atomic E-state index is -2.83. The highest BCUT2D eigenvalue weighted by atomic mass is 19.3. The van der Waals surface area contributed by atoms with Gasteiger partial charge in [-0.3, -0.25) is 0 Å². The first-order chi connectivity index (χ1) is 7.13. The fourth-order valence-electron chi connectivity index (χ4n) is 1.23. The first-order valence-corrected chi connectivity index (χ1v) is 4.15. The molecule has 4 nitrogen and oxygen atoms in total. The number of pyridine rings is 1. The van der Waals surface area contributed by atoms with Crippen molar-refractivity contribution in [1.29, 1.82) is 5.26 Å². The number of aromatic nitrogens is 1. The van der Waals surface area contributed by atoms with Crippen LogP contribution < -0.4 is 5.73 Å². The van der Waals surface area contributed by atoms with Crippen LogP contribution in [-0.4, -0.2) is 10.1 Å². The monoisotopic (exact) mass is 213 g/mol. The van der Waals surface area contributed by atoms with E-state index >= 15 is 0 Å². The Morgan fingerprint density at radius 1 is 1.60 bits per heavy atom. The zero-order valence-corrected chi connectivity index (χ0v) is 7.74. The summed E-state index contributed by atoms with van der Waals surface area (Å²) in [6.45, 7) is -0.533. The second-order valence-corrected chi connectivity index (χ2v) is 2.81. The number of alkyl halides is 2. The molecule has 0 spiro atoms. The number of aliphatic hydroxyl groups is 1. The molecule has 0 aromatic carbocycles. The predicted molar refractivity (Wildman–Crippen MR) is 47.7 cm³/mol. The summed E-state index contributed by atoms with van der Waals surface area (Å²) in [6.07, 6.45) is -2.83. The Labute approximate surface area is 85.0 Å². The average Bonchev–Trinajstić information content (AvgIpc) is 2.26. The number of nitriles is 1. The summed E-state index contributed by atoms with van der Waals surface area (Å²) in [5.41, 5.74) is 4.69. The molecule has 1 heterocycles. The molecule has 0 bridgehead atoms. The van der Waals surface area contributed by atoms with Crippen LogP contribution in [-0.2, 0) is 13.2 Å². The maximum atomic E-state index is 12.6. The Hall–Kier alpha value is -1.58. The number of hydrogen-bond donors (Lipinski definition) is 2. The standard InChI is InChI=1S/C9H9F2N3O/c10-9(11)8-5(4-15)1-6(2-12)14-7(8)3-13/h1,9,15H,2,4,12H2. The summed E-state index contributed by atoms with van der Waals surface area (Å²) in [5, 5.41) is 17.5. The van der Waals surface area contributed by atoms with Gasteiger partial charge in [0.05, 0.1) is 17.9 Å². The second-order valence-electron chi connectivity index (χ2n) is 2.81. The molecule has 0 saturated heterocycles. The molecular weight excluding hydrogens is 204 g/mol. The van der Waals surface area contributed by atoms with Crippen LogP contribution in [0.4, 0.5) is 8.78 Å². The Kier molecular flexibility index (Phi) is 3.66. The van der Waals surface area contributed by atoms with Crippen molar-refractivity contribution in [2.75, 3.05) is 0 Å². The van der Waals surface area contributed by atoms with E-state index in [1.54, 1.807) is 6.07 Å². The van der Waals surface area contributed by atoms with E-state index in [2.05, 4.69) is 4.98 Å². The Balaban J connectivity index is 3.41. The quantitative estimate of drug-likeness (QED) is 0.779. The minimum Gasteiger partial charge on any atom is -0.392 e. The zero-order chi connectivity index (χ0) is 11.4. The molecule has 0 radical (unpaired) electrons. The molecule has 15 heavy (non-hydrogen) atoms. The van der Waals surface area contributed by atoms with Crippen molar-refractivity contribution >= 4 is 0 Å². The second kappa shape index (κ2) is 4.77. The lowest BCUT2D eigenvalue weighted by atomic mass is 10.1. The van der Waals surface area contributed by atoms with Gasteiger partial charge in [-0.25, -0.2) is 13.8 Å². The third-order valence-corrected chi connectivity index (χ3v) is 1.90. The number of nitrogens with zero attached hydrogens (tertiary/aromatic N) is 2. The summed E-state index contributed by atoms with van der Waals surface area (Å²) >= 11 is 0. The Morgan fingerprint density at radius 2 is 2.27 bits per heavy atom. The SMILES string of the molecule is N#Cc1nc(CN)cc(CO)c1C(F)F. The van der Waals surface area contributed by atoms with Gasteiger partial charge in [0.25, 0.3) is 6.43 Å². The lowest BCUT2D eigenvalue weighted by molar-refractivity contribution is 0.146. The van der Waals surface area contributed by atoms with Crippen LogP contribution in [0.3, 0.4) is 0 Å². The molecule has 1 aromatic heterocycles. The smallest absolute Gasteiger partial charge is 0.267 e. The first kappa shape index (κ1) is 11.5. The molecule has 0 amide bonds. The van der Waals surface area contributed by atoms with E-state index in [0.29, 0.717) is 5.69 Å². The number of aliphatic hydroxyl groups excluding tert-OH is 1. The minimum absolute atomic E-state index is 0.00278. The van der Waals surface area contributed by atoms with E-state index in [1.165, 1.54) is 6.07 Å². The fraction of sp³-hybridized carbons (Fsp3) is 0.333. The van der Waals surface area contributed by atoms with Gasteiger partial charge in [0.15, 0.2) is 0 Å². The number of rotatable bonds is 3. The average molecular weight is 213 g/mol. The molecule has 0 unspecified atom stereocenters. The Bertz CT molecular complexity index is 401. The predicted octanol–water partition coefficient (Wildman–Crippen LogP) is 0.842. The molecule has 1 aromatic rings. The van der Waals surface area contributed by atoms with Crippen molar-refractivity contribution in [2.45, 2.75) is 19.6 Å². The lowest BCUT2D eigenvalue weighted by Gasteiger charge is -2.09. The van der Waals surface area contributed by atoms with Gasteiger partial charge >= 0.3 is 0 Å². The summed E-state index contributed by atoms with van der Waals surface area (Å²) in [4.78, 5) is 3.66. The van der Waals surface area contributed by atoms with Gasteiger partial charge in [-0.05, 0) is 11.6 Å². The summed E-state index contributed by atoms with van der Waals surface area (Å²) < 4.78 is 25.1. The summed E-state index contributed by atoms with van der Waals surface area (Å²) in [5.74, 6) is 0. The summed E-state index contributed by atoms with van der Waals surface area (Å²) in [6, 6.07) is 2.85. The van der Waals surface area contributed by atoms with Gasteiger partial charge in [0, 0.05) is 6.54 Å². The van der Waals surface area contributed by atoms with Crippen molar-refractivity contribution in [3.05, 3.63) is 28.6 Å². The number of nitrogens with two attached hydrogens (primary N) is 1. The van der Waals surface area contributed by atoms with Crippen LogP contribution in [0.25, 0.3) is 0 Å². The molecule has 0 aliphatic rings. The van der Waals surface area contributed by atoms with Crippen LogP contribution in [0.2, 0.25) is 0 Å². The van der Waals surface area contributed by atoms with E-state index in [1.807, 2.05) is 0 Å². The molecular formula is C9H9F2N3O. The molecule has 0 aliphatic heterocycles. The maximum Gasteiger partial charge on any atom is 0.267 e. The van der Waals surface area contributed by atoms with Crippen molar-refractivity contribution in [3.8, 4) is 6.07 Å². The fourth-order valence-corrected chi connectivity index (χ4v) is 1.23. The molecule has 0 fully saturated rings. The molecule has 6 heteroatoms. The van der Waals surface area contributed by atoms with E-state index in [0.717, 1.165) is 0 Å². The highest BCUT2D eigenvalue weighted by Gasteiger charge is 2.19. The first-order valence-electron chi connectivity index (χ1n) is 4.15. The highest BCUT2D eigenvalue weighted by molar-refractivity contribution is 5.40. The van der Waals surface area contributed by atoms with E-state index in [-0.39, 0.29) is 17.8 Å². The largest absolute Gasteiger partial charge is 0.392 e. The van der Waals surface area contributed by atoms with Gasteiger partial charge in [-0.1, -0.05) is 0 Å². The van der Waals surface area contributed by atoms with Crippen molar-refractivity contribution in [3.63, 3.8) is 0 Å². The lowest BCUT2D eigenvalue weighted by Crippen LogP contribution is -2.08. The topological polar surface area (TPSA) is 82.9 Å². The van der Waals surface area contributed by atoms with E-state index in [9.17, 15) is 8.78 Å². The van der Waals surface area contributed by atoms with E-state index in [4.69, 9.17) is 16.1 Å². The molecule has 0 atom stereocenters. The van der Waals surface area contributed by atoms with Crippen LogP contribution in [0, 0.1) is 11.3 Å². The molecule has 80 valence electrons. The summed E-state index contributed by atoms with van der Waals surface area (Å²) in [7, 11) is 0. The normalized spacial score (nSPS) is 10.4. The number of hydrogen-bond acceptors (Lipinski definition) is 4. The van der Waals surface area contributed by atoms with Crippen LogP contribution in [0.15, 0.2) is 6.07 Å². The van der Waals surface area contributed by atoms with Gasteiger partial charge in [-0.15, -0.1) is 0 Å². The van der Waals surface area contributed by atoms with Gasteiger partial charge in [0.2, 0.25) is 0 Å². The zero-order valence-electron chi connectivity index (χ0n) is 7.74. The van der Waals surface area contributed by atoms with Crippen LogP contribution in [0.5, 0.6) is 0 Å². The highest BCUT2D eigenvalue weighted by Crippen LogP contribution is 2.26. The van der Waals surface area contributed by atoms with E-state index < -0.39 is 18.6 Å². The van der Waals surface area contributed by atoms with Crippen LogP contribution in [0.1, 0.15) is 28.9 Å². The molecule has 0 aliphatic carbocycles. The Morgan fingerprint density at radius 3 is 2.67 bits per heavy atom. The number of halogens is 2. The molecule has 1 rings (SSSR count). The van der Waals surface area contributed by atoms with Crippen molar-refractivity contribution in [1.82, 2.24) is 4.98 Å². The molecule has 0 saturated carbocycles. The van der Waals surface area contributed by atoms with Gasteiger partial charge in [-0.2, -0.15) is 5.26 Å². The third-order valence-electron chi connectivity index (χ3n) is 1.90. The van der Waals surface area contributed by atoms with Crippen molar-refractivity contribution in [2.24, 2.45) is 5.73 Å². The van der Waals surface area contributed by atoms with Gasteiger partial charge in [0.1, 0.15) is 11.8 Å². The molecule has 3 N–H and O–H groups in total.